The molecule has 0 radical (unpaired) electrons. The van der Waals surface area contributed by atoms with Crippen LogP contribution in [0.1, 0.15) is 12.0 Å². The van der Waals surface area contributed by atoms with Crippen LogP contribution in [0.3, 0.4) is 0 Å². The molecule has 2 N–H and O–H groups in total. The SMILES string of the molecule is O=C1C[C@H]([NH+]2CCN(c3cccc[nH+]3)CC2)C(=O)N1CCc1ccccc1. The Hall–Kier alpha value is -2.73. The lowest BCUT2D eigenvalue weighted by atomic mass is 10.1. The van der Waals surface area contributed by atoms with Crippen molar-refractivity contribution >= 4 is 17.6 Å². The van der Waals surface area contributed by atoms with Gasteiger partial charge in [-0.15, -0.1) is 0 Å². The number of aromatic amines is 1. The highest BCUT2D eigenvalue weighted by atomic mass is 16.2. The van der Waals surface area contributed by atoms with Crippen molar-refractivity contribution < 1.29 is 19.5 Å². The maximum atomic E-state index is 12.9. The first kappa shape index (κ1) is 17.7. The normalized spacial score (nSPS) is 21.1. The van der Waals surface area contributed by atoms with E-state index in [4.69, 9.17) is 0 Å². The van der Waals surface area contributed by atoms with Crippen molar-refractivity contribution in [2.24, 2.45) is 0 Å². The zero-order valence-electron chi connectivity index (χ0n) is 15.4. The molecule has 3 heterocycles. The van der Waals surface area contributed by atoms with Gasteiger partial charge in [-0.3, -0.25) is 19.4 Å². The number of piperazine rings is 1. The molecule has 1 atom stereocenters. The monoisotopic (exact) mass is 366 g/mol. The Morgan fingerprint density at radius 3 is 2.44 bits per heavy atom. The smallest absolute Gasteiger partial charge is 0.288 e. The van der Waals surface area contributed by atoms with Crippen molar-refractivity contribution in [1.29, 1.82) is 0 Å². The number of H-pyrrole nitrogens is 1. The summed E-state index contributed by atoms with van der Waals surface area (Å²) >= 11 is 0. The minimum Gasteiger partial charge on any atom is -0.318 e. The van der Waals surface area contributed by atoms with E-state index in [0.717, 1.165) is 44.0 Å². The van der Waals surface area contributed by atoms with E-state index in [-0.39, 0.29) is 17.9 Å². The molecule has 0 unspecified atom stereocenters. The third-order valence-electron chi connectivity index (χ3n) is 5.64. The summed E-state index contributed by atoms with van der Waals surface area (Å²) in [6, 6.07) is 15.9. The second-order valence-corrected chi connectivity index (χ2v) is 7.27. The second-order valence-electron chi connectivity index (χ2n) is 7.27. The Bertz CT molecular complexity index is 788. The molecule has 2 fully saturated rings. The number of benzene rings is 1. The van der Waals surface area contributed by atoms with Gasteiger partial charge in [0.15, 0.2) is 6.04 Å². The number of carbonyl (C=O) groups is 2. The number of amides is 2. The van der Waals surface area contributed by atoms with Gasteiger partial charge in [0.1, 0.15) is 26.2 Å². The van der Waals surface area contributed by atoms with Gasteiger partial charge < -0.3 is 4.90 Å². The summed E-state index contributed by atoms with van der Waals surface area (Å²) in [5.41, 5.74) is 1.15. The fourth-order valence-corrected chi connectivity index (χ4v) is 4.09. The van der Waals surface area contributed by atoms with Crippen LogP contribution in [0.15, 0.2) is 54.7 Å². The number of pyridine rings is 1. The number of hydrogen-bond donors (Lipinski definition) is 1. The first-order valence-electron chi connectivity index (χ1n) is 9.67. The lowest BCUT2D eigenvalue weighted by Gasteiger charge is -2.31. The Morgan fingerprint density at radius 1 is 1.00 bits per heavy atom. The van der Waals surface area contributed by atoms with E-state index < -0.39 is 0 Å². The zero-order valence-corrected chi connectivity index (χ0v) is 15.4. The molecule has 140 valence electrons. The molecule has 2 aromatic rings. The number of likely N-dealkylation sites (tertiary alicyclic amines) is 1. The number of carbonyl (C=O) groups excluding carboxylic acids is 2. The van der Waals surface area contributed by atoms with Crippen molar-refractivity contribution in [3.63, 3.8) is 0 Å². The maximum Gasteiger partial charge on any atom is 0.288 e. The van der Waals surface area contributed by atoms with Crippen LogP contribution >= 0.6 is 0 Å². The highest BCUT2D eigenvalue weighted by Crippen LogP contribution is 2.13. The Balaban J connectivity index is 1.34. The molecule has 6 heteroatoms. The number of hydrogen-bond acceptors (Lipinski definition) is 3. The second kappa shape index (κ2) is 7.88. The van der Waals surface area contributed by atoms with Crippen LogP contribution in [0.4, 0.5) is 5.82 Å². The summed E-state index contributed by atoms with van der Waals surface area (Å²) in [5, 5.41) is 0. The summed E-state index contributed by atoms with van der Waals surface area (Å²) < 4.78 is 0. The first-order valence-corrected chi connectivity index (χ1v) is 9.67. The molecule has 0 saturated carbocycles. The van der Waals surface area contributed by atoms with Gasteiger partial charge in [-0.2, -0.15) is 0 Å². The van der Waals surface area contributed by atoms with Crippen LogP contribution in [0.2, 0.25) is 0 Å². The molecule has 0 aliphatic carbocycles. The van der Waals surface area contributed by atoms with Crippen molar-refractivity contribution in [3.8, 4) is 0 Å². The number of aromatic nitrogens is 1. The minimum atomic E-state index is -0.213. The fraction of sp³-hybridized carbons (Fsp3) is 0.381. The quantitative estimate of drug-likeness (QED) is 0.731. The summed E-state index contributed by atoms with van der Waals surface area (Å²) in [6.07, 6.45) is 3.00. The number of nitrogens with one attached hydrogen (secondary N) is 2. The number of rotatable bonds is 5. The number of imide groups is 1. The highest BCUT2D eigenvalue weighted by Gasteiger charge is 2.46. The van der Waals surface area contributed by atoms with Gasteiger partial charge in [0.25, 0.3) is 11.7 Å². The summed E-state index contributed by atoms with van der Waals surface area (Å²) in [6.45, 7) is 4.00. The Labute approximate surface area is 159 Å². The molecule has 1 aromatic heterocycles. The maximum absolute atomic E-state index is 12.9. The Kier molecular flexibility index (Phi) is 5.16. The molecule has 2 saturated heterocycles. The van der Waals surface area contributed by atoms with E-state index in [2.05, 4.69) is 16.0 Å². The van der Waals surface area contributed by atoms with Crippen molar-refractivity contribution in [2.45, 2.75) is 18.9 Å². The summed E-state index contributed by atoms with van der Waals surface area (Å²) in [4.78, 5) is 33.6. The number of quaternary nitrogens is 1. The molecule has 0 spiro atoms. The van der Waals surface area contributed by atoms with Crippen LogP contribution in [0.5, 0.6) is 0 Å². The average Bonchev–Trinajstić information content (AvgIpc) is 3.01. The molecule has 1 aromatic carbocycles. The molecular formula is C21H26N4O2+2. The average molecular weight is 366 g/mol. The molecule has 2 aliphatic heterocycles. The van der Waals surface area contributed by atoms with Crippen molar-refractivity contribution in [3.05, 3.63) is 60.3 Å². The van der Waals surface area contributed by atoms with Gasteiger partial charge in [0, 0.05) is 12.6 Å². The van der Waals surface area contributed by atoms with Crippen molar-refractivity contribution in [1.82, 2.24) is 4.90 Å². The van der Waals surface area contributed by atoms with Gasteiger partial charge in [0.05, 0.1) is 12.6 Å². The topological polar surface area (TPSA) is 59.2 Å². The van der Waals surface area contributed by atoms with Crippen LogP contribution in [-0.4, -0.2) is 55.5 Å². The van der Waals surface area contributed by atoms with Crippen LogP contribution in [-0.2, 0) is 16.0 Å². The lowest BCUT2D eigenvalue weighted by Crippen LogP contribution is -3.19. The van der Waals surface area contributed by atoms with Gasteiger partial charge in [-0.05, 0) is 18.1 Å². The van der Waals surface area contributed by atoms with Crippen LogP contribution < -0.4 is 14.8 Å². The third-order valence-corrected chi connectivity index (χ3v) is 5.64. The largest absolute Gasteiger partial charge is 0.318 e. The standard InChI is InChI=1S/C21H24N4O2/c26-20-16-18(21(27)25(20)11-9-17-6-2-1-3-7-17)23-12-14-24(15-13-23)19-8-4-5-10-22-19/h1-8,10,18H,9,11-16H2/p+2/t18-/m0/s1. The molecule has 2 aliphatic rings. The molecule has 6 nitrogen and oxygen atoms in total. The van der Waals surface area contributed by atoms with Crippen molar-refractivity contribution in [2.75, 3.05) is 37.6 Å². The van der Waals surface area contributed by atoms with E-state index in [9.17, 15) is 9.59 Å². The van der Waals surface area contributed by atoms with Gasteiger partial charge in [-0.1, -0.05) is 36.4 Å². The number of nitrogens with zero attached hydrogens (tertiary/aromatic N) is 2. The minimum absolute atomic E-state index is 0.00524. The van der Waals surface area contributed by atoms with Crippen LogP contribution in [0, 0.1) is 0 Å². The summed E-state index contributed by atoms with van der Waals surface area (Å²) in [7, 11) is 0. The van der Waals surface area contributed by atoms with Gasteiger partial charge in [0.2, 0.25) is 5.91 Å². The molecular weight excluding hydrogens is 340 g/mol. The van der Waals surface area contributed by atoms with E-state index in [1.54, 1.807) is 0 Å². The predicted molar refractivity (Wildman–Crippen MR) is 101 cm³/mol. The van der Waals surface area contributed by atoms with Crippen LogP contribution in [0.25, 0.3) is 0 Å². The zero-order chi connectivity index (χ0) is 18.6. The van der Waals surface area contributed by atoms with E-state index >= 15 is 0 Å². The highest BCUT2D eigenvalue weighted by molar-refractivity contribution is 6.04. The molecule has 2 amide bonds. The molecule has 27 heavy (non-hydrogen) atoms. The third kappa shape index (κ3) is 3.85. The van der Waals surface area contributed by atoms with E-state index in [0.29, 0.717) is 13.0 Å². The summed E-state index contributed by atoms with van der Waals surface area (Å²) in [5.74, 6) is 1.09. The lowest BCUT2D eigenvalue weighted by molar-refractivity contribution is -0.915. The van der Waals surface area contributed by atoms with Gasteiger partial charge in [-0.25, -0.2) is 4.98 Å². The van der Waals surface area contributed by atoms with E-state index in [1.165, 1.54) is 9.80 Å². The van der Waals surface area contributed by atoms with Gasteiger partial charge >= 0.3 is 0 Å². The fourth-order valence-electron chi connectivity index (χ4n) is 4.09. The molecule has 4 rings (SSSR count). The molecule has 0 bridgehead atoms. The first-order chi connectivity index (χ1) is 13.2. The Morgan fingerprint density at radius 2 is 1.74 bits per heavy atom. The number of anilines is 1. The predicted octanol–water partition coefficient (Wildman–Crippen LogP) is -0.424. The van der Waals surface area contributed by atoms with E-state index in [1.807, 2.05) is 48.7 Å².